The Morgan fingerprint density at radius 2 is 1.92 bits per heavy atom. The van der Waals surface area contributed by atoms with Crippen molar-refractivity contribution in [2.75, 3.05) is 17.2 Å². The standard InChI is InChI=1S/C19H18ClFN4O/c1-12-19(13(2)25(24-12)15-6-4-3-5-7-15)23-18(26)11-22-17-9-8-14(20)10-16(17)21/h3-10,22H,11H2,1-2H3,(H,23,26). The van der Waals surface area contributed by atoms with Crippen LogP contribution in [0, 0.1) is 19.7 Å². The van der Waals surface area contributed by atoms with Gasteiger partial charge in [0.1, 0.15) is 5.82 Å². The van der Waals surface area contributed by atoms with Crippen molar-refractivity contribution in [3.63, 3.8) is 0 Å². The molecule has 0 aliphatic heterocycles. The van der Waals surface area contributed by atoms with Gasteiger partial charge in [0.05, 0.1) is 35.0 Å². The third-order valence-corrected chi connectivity index (χ3v) is 4.16. The number of benzene rings is 2. The van der Waals surface area contributed by atoms with E-state index in [1.807, 2.05) is 44.2 Å². The predicted molar refractivity (Wildman–Crippen MR) is 102 cm³/mol. The number of carbonyl (C=O) groups is 1. The molecule has 3 aromatic rings. The maximum Gasteiger partial charge on any atom is 0.243 e. The zero-order valence-corrected chi connectivity index (χ0v) is 15.1. The second kappa shape index (κ2) is 7.58. The zero-order chi connectivity index (χ0) is 18.7. The Hall–Kier alpha value is -2.86. The predicted octanol–water partition coefficient (Wildman–Crippen LogP) is 4.33. The topological polar surface area (TPSA) is 59.0 Å². The van der Waals surface area contributed by atoms with Gasteiger partial charge in [-0.3, -0.25) is 4.79 Å². The summed E-state index contributed by atoms with van der Waals surface area (Å²) in [6, 6.07) is 13.9. The molecule has 0 bridgehead atoms. The van der Waals surface area contributed by atoms with Crippen LogP contribution < -0.4 is 10.6 Å². The highest BCUT2D eigenvalue weighted by molar-refractivity contribution is 6.30. The van der Waals surface area contributed by atoms with Crippen LogP contribution in [0.1, 0.15) is 11.4 Å². The van der Waals surface area contributed by atoms with E-state index >= 15 is 0 Å². The van der Waals surface area contributed by atoms with Gasteiger partial charge in [-0.1, -0.05) is 29.8 Å². The van der Waals surface area contributed by atoms with Crippen molar-refractivity contribution in [1.29, 1.82) is 0 Å². The average molecular weight is 373 g/mol. The normalized spacial score (nSPS) is 10.6. The minimum absolute atomic E-state index is 0.0754. The van der Waals surface area contributed by atoms with Gasteiger partial charge >= 0.3 is 0 Å². The third-order valence-electron chi connectivity index (χ3n) is 3.93. The molecule has 2 aromatic carbocycles. The number of nitrogens with one attached hydrogen (secondary N) is 2. The molecule has 134 valence electrons. The van der Waals surface area contributed by atoms with Crippen LogP contribution in [0.4, 0.5) is 15.8 Å². The lowest BCUT2D eigenvalue weighted by molar-refractivity contribution is -0.114. The smallest absolute Gasteiger partial charge is 0.243 e. The van der Waals surface area contributed by atoms with Crippen LogP contribution in [-0.2, 0) is 4.79 Å². The molecular formula is C19H18ClFN4O. The molecule has 0 saturated heterocycles. The molecule has 3 rings (SSSR count). The Kier molecular flexibility index (Phi) is 5.23. The van der Waals surface area contributed by atoms with Crippen LogP contribution in [0.2, 0.25) is 5.02 Å². The van der Waals surface area contributed by atoms with Crippen LogP contribution in [-0.4, -0.2) is 22.2 Å². The van der Waals surface area contributed by atoms with Crippen LogP contribution in [0.3, 0.4) is 0 Å². The van der Waals surface area contributed by atoms with E-state index in [2.05, 4.69) is 15.7 Å². The molecule has 0 aliphatic carbocycles. The monoisotopic (exact) mass is 372 g/mol. The number of aryl methyl sites for hydroxylation is 1. The highest BCUT2D eigenvalue weighted by Gasteiger charge is 2.15. The van der Waals surface area contributed by atoms with E-state index in [1.54, 1.807) is 10.7 Å². The van der Waals surface area contributed by atoms with E-state index < -0.39 is 5.82 Å². The van der Waals surface area contributed by atoms with Crippen LogP contribution >= 0.6 is 11.6 Å². The Bertz CT molecular complexity index is 940. The molecule has 5 nitrogen and oxygen atoms in total. The summed E-state index contributed by atoms with van der Waals surface area (Å²) < 4.78 is 15.5. The van der Waals surface area contributed by atoms with Crippen molar-refractivity contribution >= 4 is 28.9 Å². The minimum Gasteiger partial charge on any atom is -0.374 e. The molecule has 0 spiro atoms. The maximum atomic E-state index is 13.8. The number of para-hydroxylation sites is 1. The summed E-state index contributed by atoms with van der Waals surface area (Å²) in [5.41, 5.74) is 3.31. The van der Waals surface area contributed by atoms with Crippen LogP contribution in [0.5, 0.6) is 0 Å². The van der Waals surface area contributed by atoms with Crippen LogP contribution in [0.25, 0.3) is 5.69 Å². The Balaban J connectivity index is 1.71. The first kappa shape index (κ1) is 17.9. The fourth-order valence-electron chi connectivity index (χ4n) is 2.64. The Labute approximate surface area is 155 Å². The number of halogens is 2. The van der Waals surface area contributed by atoms with Crippen molar-refractivity contribution in [1.82, 2.24) is 9.78 Å². The molecule has 2 N–H and O–H groups in total. The van der Waals surface area contributed by atoms with Crippen molar-refractivity contribution in [2.45, 2.75) is 13.8 Å². The molecule has 0 aliphatic rings. The van der Waals surface area contributed by atoms with Gasteiger partial charge < -0.3 is 10.6 Å². The fourth-order valence-corrected chi connectivity index (χ4v) is 2.79. The van der Waals surface area contributed by atoms with E-state index in [9.17, 15) is 9.18 Å². The SMILES string of the molecule is Cc1nn(-c2ccccc2)c(C)c1NC(=O)CNc1ccc(Cl)cc1F. The van der Waals surface area contributed by atoms with Gasteiger partial charge in [-0.25, -0.2) is 9.07 Å². The summed E-state index contributed by atoms with van der Waals surface area (Å²) in [7, 11) is 0. The third kappa shape index (κ3) is 3.86. The first-order chi connectivity index (χ1) is 12.5. The van der Waals surface area contributed by atoms with Crippen LogP contribution in [0.15, 0.2) is 48.5 Å². The first-order valence-electron chi connectivity index (χ1n) is 8.06. The van der Waals surface area contributed by atoms with Crippen molar-refractivity contribution in [3.8, 4) is 5.69 Å². The molecule has 0 unspecified atom stereocenters. The Morgan fingerprint density at radius 1 is 1.19 bits per heavy atom. The summed E-state index contributed by atoms with van der Waals surface area (Å²) in [6.45, 7) is 3.64. The lowest BCUT2D eigenvalue weighted by Gasteiger charge is -2.09. The van der Waals surface area contributed by atoms with Gasteiger partial charge in [0.25, 0.3) is 0 Å². The summed E-state index contributed by atoms with van der Waals surface area (Å²) in [6.07, 6.45) is 0. The molecular weight excluding hydrogens is 355 g/mol. The molecule has 1 amide bonds. The van der Waals surface area contributed by atoms with E-state index in [-0.39, 0.29) is 18.1 Å². The van der Waals surface area contributed by atoms with E-state index in [0.717, 1.165) is 11.4 Å². The largest absolute Gasteiger partial charge is 0.374 e. The lowest BCUT2D eigenvalue weighted by Crippen LogP contribution is -2.22. The van der Waals surface area contributed by atoms with Gasteiger partial charge in [-0.15, -0.1) is 0 Å². The minimum atomic E-state index is -0.505. The quantitative estimate of drug-likeness (QED) is 0.700. The molecule has 0 saturated carbocycles. The van der Waals surface area contributed by atoms with Gasteiger partial charge in [0.2, 0.25) is 5.91 Å². The number of rotatable bonds is 5. The molecule has 0 radical (unpaired) electrons. The molecule has 1 aromatic heterocycles. The van der Waals surface area contributed by atoms with E-state index in [0.29, 0.717) is 16.4 Å². The zero-order valence-electron chi connectivity index (χ0n) is 14.4. The van der Waals surface area contributed by atoms with Gasteiger partial charge in [0, 0.05) is 5.02 Å². The highest BCUT2D eigenvalue weighted by Crippen LogP contribution is 2.23. The maximum absolute atomic E-state index is 13.8. The summed E-state index contributed by atoms with van der Waals surface area (Å²) >= 11 is 5.72. The molecule has 0 atom stereocenters. The Morgan fingerprint density at radius 3 is 2.62 bits per heavy atom. The first-order valence-corrected chi connectivity index (χ1v) is 8.44. The number of anilines is 2. The fraction of sp³-hybridized carbons (Fsp3) is 0.158. The number of hydrogen-bond acceptors (Lipinski definition) is 3. The van der Waals surface area contributed by atoms with Gasteiger partial charge in [-0.2, -0.15) is 5.10 Å². The second-order valence-electron chi connectivity index (χ2n) is 5.82. The number of amides is 1. The number of carbonyl (C=O) groups excluding carboxylic acids is 1. The second-order valence-corrected chi connectivity index (χ2v) is 6.26. The summed E-state index contributed by atoms with van der Waals surface area (Å²) in [5, 5.41) is 10.4. The van der Waals surface area contributed by atoms with Gasteiger partial charge in [-0.05, 0) is 44.2 Å². The summed E-state index contributed by atoms with van der Waals surface area (Å²) in [4.78, 5) is 12.3. The summed E-state index contributed by atoms with van der Waals surface area (Å²) in [5.74, 6) is -0.798. The molecule has 1 heterocycles. The van der Waals surface area contributed by atoms with Crippen molar-refractivity contribution < 1.29 is 9.18 Å². The average Bonchev–Trinajstić information content (AvgIpc) is 2.90. The number of hydrogen-bond donors (Lipinski definition) is 2. The number of nitrogens with zero attached hydrogens (tertiary/aromatic N) is 2. The van der Waals surface area contributed by atoms with E-state index in [1.165, 1.54) is 12.1 Å². The van der Waals surface area contributed by atoms with E-state index in [4.69, 9.17) is 11.6 Å². The van der Waals surface area contributed by atoms with Crippen molar-refractivity contribution in [3.05, 3.63) is 70.8 Å². The number of aromatic nitrogens is 2. The van der Waals surface area contributed by atoms with Crippen molar-refractivity contribution in [2.24, 2.45) is 0 Å². The lowest BCUT2D eigenvalue weighted by atomic mass is 10.3. The molecule has 26 heavy (non-hydrogen) atoms. The highest BCUT2D eigenvalue weighted by atomic mass is 35.5. The molecule has 0 fully saturated rings. The molecule has 7 heteroatoms. The van der Waals surface area contributed by atoms with Gasteiger partial charge in [0.15, 0.2) is 0 Å².